The van der Waals surface area contributed by atoms with Gasteiger partial charge in [-0.25, -0.2) is 14.2 Å². The van der Waals surface area contributed by atoms with Gasteiger partial charge in [-0.1, -0.05) is 6.07 Å². The van der Waals surface area contributed by atoms with E-state index in [1.807, 2.05) is 0 Å². The Hall–Kier alpha value is -4.23. The maximum Gasteiger partial charge on any atom is 0.416 e. The highest BCUT2D eigenvalue weighted by Crippen LogP contribution is 2.30. The molecular weight excluding hydrogens is 460 g/mol. The quantitative estimate of drug-likeness (QED) is 0.320. The van der Waals surface area contributed by atoms with Gasteiger partial charge in [0.1, 0.15) is 11.5 Å². The number of anilines is 1. The number of nitrogens with zero attached hydrogens (tertiary/aromatic N) is 5. The van der Waals surface area contributed by atoms with Crippen LogP contribution in [0.2, 0.25) is 0 Å². The van der Waals surface area contributed by atoms with Gasteiger partial charge >= 0.3 is 11.9 Å². The van der Waals surface area contributed by atoms with Gasteiger partial charge < -0.3 is 15.4 Å². The number of benzene rings is 1. The van der Waals surface area contributed by atoms with Crippen LogP contribution in [0.15, 0.2) is 34.2 Å². The van der Waals surface area contributed by atoms with Crippen LogP contribution in [0.25, 0.3) is 11.7 Å². The number of alkyl halides is 3. The van der Waals surface area contributed by atoms with Crippen LogP contribution in [0.4, 0.5) is 23.5 Å². The first kappa shape index (κ1) is 21.6. The fourth-order valence-electron chi connectivity index (χ4n) is 3.20. The van der Waals surface area contributed by atoms with Gasteiger partial charge in [0.25, 0.3) is 5.62 Å². The number of halogens is 4. The Morgan fingerprint density at radius 1 is 1.26 bits per heavy atom. The van der Waals surface area contributed by atoms with Crippen LogP contribution in [-0.4, -0.2) is 40.7 Å². The minimum atomic E-state index is -4.65. The average molecular weight is 476 g/mol. The van der Waals surface area contributed by atoms with Gasteiger partial charge in [-0.15, -0.1) is 0 Å². The number of nitrogens with one attached hydrogen (secondary N) is 3. The molecule has 4 aromatic rings. The third-order valence-corrected chi connectivity index (χ3v) is 5.08. The van der Waals surface area contributed by atoms with Gasteiger partial charge in [-0.05, 0) is 31.1 Å². The number of aromatic hydroxyl groups is 1. The lowest BCUT2D eigenvalue weighted by molar-refractivity contribution is -0.137. The summed E-state index contributed by atoms with van der Waals surface area (Å²) in [6, 6.07) is 2.36. The van der Waals surface area contributed by atoms with E-state index in [2.05, 4.69) is 35.3 Å². The monoisotopic (exact) mass is 476 g/mol. The van der Waals surface area contributed by atoms with Crippen LogP contribution < -0.4 is 21.8 Å². The van der Waals surface area contributed by atoms with Crippen molar-refractivity contribution in [1.29, 1.82) is 0 Å². The van der Waals surface area contributed by atoms with Crippen molar-refractivity contribution in [3.8, 4) is 5.88 Å². The van der Waals surface area contributed by atoms with Crippen molar-refractivity contribution in [2.24, 2.45) is 4.99 Å². The molecule has 1 aromatic carbocycles. The lowest BCUT2D eigenvalue weighted by Crippen LogP contribution is -2.25. The Kier molecular flexibility index (Phi) is 5.06. The van der Waals surface area contributed by atoms with E-state index < -0.39 is 23.2 Å². The number of aromatic amines is 2. The van der Waals surface area contributed by atoms with Crippen LogP contribution >= 0.6 is 0 Å². The SMILES string of the molecule is O=c1[nH]c(O)c(/C=c2\cnn3c(=NC4CC4)nc(NCc4ccc(C(F)(F)F)cc4F)nc23)[nH]1. The molecular formula is C20H16F4N8O2. The molecule has 4 N–H and O–H groups in total. The molecule has 3 heterocycles. The zero-order valence-corrected chi connectivity index (χ0v) is 17.2. The number of hydrogen-bond donors (Lipinski definition) is 4. The molecule has 0 radical (unpaired) electrons. The molecule has 1 fully saturated rings. The standard InChI is InChI=1S/C20H16F4N8O2/c21-13-6-11(20(22,23)24)2-1-9(13)7-25-17-29-15-10(5-14-16(33)30-19(34)28-14)8-26-32(15)18(31-17)27-12-3-4-12/h1-2,5-6,8,12,33H,3-4,7H2,(H,25,27,31)(H2,28,30,34)/b10-5+. The molecule has 10 nitrogen and oxygen atoms in total. The van der Waals surface area contributed by atoms with Crippen LogP contribution in [-0.2, 0) is 12.7 Å². The Balaban J connectivity index is 1.53. The van der Waals surface area contributed by atoms with Gasteiger partial charge in [0, 0.05) is 17.3 Å². The largest absolute Gasteiger partial charge is 0.493 e. The van der Waals surface area contributed by atoms with E-state index in [1.54, 1.807) is 0 Å². The van der Waals surface area contributed by atoms with Crippen molar-refractivity contribution >= 4 is 17.7 Å². The molecule has 14 heteroatoms. The molecule has 0 amide bonds. The topological polar surface area (TPSA) is 136 Å². The fraction of sp³-hybridized carbons (Fsp3) is 0.250. The van der Waals surface area contributed by atoms with Gasteiger partial charge in [0.2, 0.25) is 11.8 Å². The maximum absolute atomic E-state index is 14.2. The van der Waals surface area contributed by atoms with E-state index in [0.717, 1.165) is 25.0 Å². The second kappa shape index (κ2) is 7.97. The summed E-state index contributed by atoms with van der Waals surface area (Å²) >= 11 is 0. The maximum atomic E-state index is 14.2. The highest BCUT2D eigenvalue weighted by Gasteiger charge is 2.31. The lowest BCUT2D eigenvalue weighted by Gasteiger charge is -2.10. The predicted octanol–water partition coefficient (Wildman–Crippen LogP) is 1.23. The Labute approximate surface area is 186 Å². The molecule has 3 aromatic heterocycles. The number of fused-ring (bicyclic) bond motifs is 1. The first-order chi connectivity index (χ1) is 16.2. The molecule has 1 saturated carbocycles. The summed E-state index contributed by atoms with van der Waals surface area (Å²) in [6.45, 7) is -0.178. The zero-order chi connectivity index (χ0) is 24.0. The molecule has 0 unspecified atom stereocenters. The number of H-pyrrole nitrogens is 2. The highest BCUT2D eigenvalue weighted by molar-refractivity contribution is 5.57. The second-order valence-corrected chi connectivity index (χ2v) is 7.69. The summed E-state index contributed by atoms with van der Waals surface area (Å²) in [5.41, 5.74) is -1.06. The molecule has 0 spiro atoms. The molecule has 0 aliphatic heterocycles. The summed E-state index contributed by atoms with van der Waals surface area (Å²) < 4.78 is 53.9. The third kappa shape index (κ3) is 4.33. The predicted molar refractivity (Wildman–Crippen MR) is 110 cm³/mol. The van der Waals surface area contributed by atoms with E-state index in [9.17, 15) is 27.5 Å². The molecule has 0 atom stereocenters. The summed E-state index contributed by atoms with van der Waals surface area (Å²) in [4.78, 5) is 29.2. The highest BCUT2D eigenvalue weighted by atomic mass is 19.4. The van der Waals surface area contributed by atoms with Crippen molar-refractivity contribution in [3.63, 3.8) is 0 Å². The van der Waals surface area contributed by atoms with Crippen molar-refractivity contribution in [2.75, 3.05) is 5.32 Å². The van der Waals surface area contributed by atoms with Crippen LogP contribution in [0.3, 0.4) is 0 Å². The Bertz CT molecular complexity index is 1570. The first-order valence-electron chi connectivity index (χ1n) is 10.1. The smallest absolute Gasteiger partial charge is 0.416 e. The van der Waals surface area contributed by atoms with E-state index in [1.165, 1.54) is 16.8 Å². The molecule has 0 saturated heterocycles. The zero-order valence-electron chi connectivity index (χ0n) is 17.2. The van der Waals surface area contributed by atoms with Crippen LogP contribution in [0, 0.1) is 5.82 Å². The van der Waals surface area contributed by atoms with Gasteiger partial charge in [-0.2, -0.15) is 32.8 Å². The fourth-order valence-corrected chi connectivity index (χ4v) is 3.20. The van der Waals surface area contributed by atoms with E-state index in [-0.39, 0.29) is 46.9 Å². The number of hydrogen-bond acceptors (Lipinski definition) is 7. The lowest BCUT2D eigenvalue weighted by atomic mass is 10.1. The third-order valence-electron chi connectivity index (χ3n) is 5.08. The van der Waals surface area contributed by atoms with Crippen LogP contribution in [0.1, 0.15) is 29.7 Å². The Morgan fingerprint density at radius 3 is 2.71 bits per heavy atom. The number of aromatic nitrogens is 6. The van der Waals surface area contributed by atoms with E-state index in [4.69, 9.17) is 0 Å². The van der Waals surface area contributed by atoms with Crippen LogP contribution in [0.5, 0.6) is 5.88 Å². The molecule has 5 rings (SSSR count). The van der Waals surface area contributed by atoms with Crippen molar-refractivity contribution in [3.05, 3.63) is 68.4 Å². The summed E-state index contributed by atoms with van der Waals surface area (Å²) in [5.74, 6) is -1.33. The van der Waals surface area contributed by atoms with Crippen molar-refractivity contribution in [2.45, 2.75) is 31.6 Å². The molecule has 1 aliphatic carbocycles. The molecule has 0 bridgehead atoms. The van der Waals surface area contributed by atoms with Crippen molar-refractivity contribution < 1.29 is 22.7 Å². The summed E-state index contributed by atoms with van der Waals surface area (Å²) in [7, 11) is 0. The van der Waals surface area contributed by atoms with Gasteiger partial charge in [0.05, 0.1) is 17.8 Å². The number of imidazole rings is 1. The van der Waals surface area contributed by atoms with Gasteiger partial charge in [-0.3, -0.25) is 4.98 Å². The molecule has 1 aliphatic rings. The summed E-state index contributed by atoms with van der Waals surface area (Å²) in [5, 5.41) is 17.3. The molecule has 34 heavy (non-hydrogen) atoms. The molecule has 176 valence electrons. The minimum Gasteiger partial charge on any atom is -0.493 e. The summed E-state index contributed by atoms with van der Waals surface area (Å²) in [6.07, 6.45) is 0.0312. The first-order valence-corrected chi connectivity index (χ1v) is 10.1. The van der Waals surface area contributed by atoms with Gasteiger partial charge in [0.15, 0.2) is 5.65 Å². The Morgan fingerprint density at radius 2 is 2.06 bits per heavy atom. The number of rotatable bonds is 5. The van der Waals surface area contributed by atoms with E-state index >= 15 is 0 Å². The van der Waals surface area contributed by atoms with E-state index in [0.29, 0.717) is 11.3 Å². The minimum absolute atomic E-state index is 0.00716. The average Bonchev–Trinajstić information content (AvgIpc) is 3.40. The second-order valence-electron chi connectivity index (χ2n) is 7.69. The normalized spacial score (nSPS) is 15.4. The van der Waals surface area contributed by atoms with Crippen molar-refractivity contribution in [1.82, 2.24) is 29.5 Å².